The smallest absolute Gasteiger partial charge is 0.331 e. The fourth-order valence-electron chi connectivity index (χ4n) is 2.98. The van der Waals surface area contributed by atoms with E-state index < -0.39 is 5.97 Å². The Morgan fingerprint density at radius 1 is 1.54 bits per heavy atom. The van der Waals surface area contributed by atoms with E-state index >= 15 is 0 Å². The molecular weight excluding hydrogens is 164 g/mol. The normalized spacial score (nSPS) is 40.5. The second-order valence-corrected chi connectivity index (χ2v) is 5.14. The van der Waals surface area contributed by atoms with Gasteiger partial charge in [0.05, 0.1) is 0 Å². The zero-order valence-electron chi connectivity index (χ0n) is 8.42. The lowest BCUT2D eigenvalue weighted by atomic mass is 9.70. The minimum Gasteiger partial charge on any atom is -0.478 e. The summed E-state index contributed by atoms with van der Waals surface area (Å²) in [5.74, 6) is -0.448. The molecule has 0 spiro atoms. The first-order chi connectivity index (χ1) is 5.88. The molecule has 0 saturated heterocycles. The molecule has 0 aliphatic heterocycles. The van der Waals surface area contributed by atoms with Gasteiger partial charge in [-0.15, -0.1) is 0 Å². The molecule has 0 amide bonds. The number of hydrogen-bond acceptors (Lipinski definition) is 1. The molecule has 0 radical (unpaired) electrons. The van der Waals surface area contributed by atoms with Crippen molar-refractivity contribution in [2.45, 2.75) is 33.6 Å². The predicted molar refractivity (Wildman–Crippen MR) is 50.3 cm³/mol. The van der Waals surface area contributed by atoms with Gasteiger partial charge in [-0.2, -0.15) is 0 Å². The van der Waals surface area contributed by atoms with E-state index in [0.29, 0.717) is 5.57 Å². The van der Waals surface area contributed by atoms with E-state index in [1.54, 1.807) is 0 Å². The van der Waals surface area contributed by atoms with Crippen molar-refractivity contribution in [3.05, 3.63) is 11.6 Å². The van der Waals surface area contributed by atoms with Gasteiger partial charge in [-0.1, -0.05) is 26.8 Å². The van der Waals surface area contributed by atoms with Crippen LogP contribution in [0.2, 0.25) is 0 Å². The van der Waals surface area contributed by atoms with Crippen LogP contribution in [0.25, 0.3) is 0 Å². The van der Waals surface area contributed by atoms with Gasteiger partial charge in [0.1, 0.15) is 0 Å². The molecule has 0 aromatic rings. The topological polar surface area (TPSA) is 37.3 Å². The Morgan fingerprint density at radius 2 is 2.15 bits per heavy atom. The second-order valence-electron chi connectivity index (χ2n) is 5.14. The molecule has 13 heavy (non-hydrogen) atoms. The summed E-state index contributed by atoms with van der Waals surface area (Å²) < 4.78 is 0. The predicted octanol–water partition coefficient (Wildman–Crippen LogP) is 2.45. The van der Waals surface area contributed by atoms with Crippen LogP contribution in [0.15, 0.2) is 11.6 Å². The molecule has 2 nitrogen and oxygen atoms in total. The van der Waals surface area contributed by atoms with Crippen LogP contribution in [0.4, 0.5) is 0 Å². The number of aliphatic carboxylic acids is 1. The summed E-state index contributed by atoms with van der Waals surface area (Å²) in [6.45, 7) is 6.57. The van der Waals surface area contributed by atoms with Gasteiger partial charge in [-0.05, 0) is 29.6 Å². The highest BCUT2D eigenvalue weighted by atomic mass is 16.4. The number of carboxylic acid groups (broad SMARTS) is 1. The van der Waals surface area contributed by atoms with Crippen molar-refractivity contribution < 1.29 is 9.90 Å². The van der Waals surface area contributed by atoms with Crippen LogP contribution < -0.4 is 0 Å². The van der Waals surface area contributed by atoms with E-state index in [1.165, 1.54) is 0 Å². The van der Waals surface area contributed by atoms with E-state index in [9.17, 15) is 4.79 Å². The molecule has 1 N–H and O–H groups in total. The molecule has 0 heterocycles. The highest BCUT2D eigenvalue weighted by molar-refractivity contribution is 5.88. The minimum absolute atomic E-state index is 0.116. The van der Waals surface area contributed by atoms with E-state index in [2.05, 4.69) is 20.8 Å². The standard InChI is InChI=1S/C11H16O2/c1-10(2)8-4-5-11(10,3)6-7(8)9(12)13/h6,8H,4-5H2,1-3H3,(H,12,13)/t8-,11+/m1/s1. The van der Waals surface area contributed by atoms with Crippen molar-refractivity contribution in [3.8, 4) is 0 Å². The van der Waals surface area contributed by atoms with Gasteiger partial charge >= 0.3 is 5.97 Å². The van der Waals surface area contributed by atoms with Gasteiger partial charge in [0.15, 0.2) is 0 Å². The maximum atomic E-state index is 11.0. The van der Waals surface area contributed by atoms with E-state index in [4.69, 9.17) is 5.11 Å². The SMILES string of the molecule is CC1(C)[C@@H]2CC[C@@]1(C)C=C2C(=O)O. The molecule has 2 heteroatoms. The molecule has 0 aromatic heterocycles. The summed E-state index contributed by atoms with van der Waals surface area (Å²) in [6, 6.07) is 0. The first-order valence-corrected chi connectivity index (χ1v) is 4.84. The maximum absolute atomic E-state index is 11.0. The second kappa shape index (κ2) is 2.17. The lowest BCUT2D eigenvalue weighted by Crippen LogP contribution is -2.27. The summed E-state index contributed by atoms with van der Waals surface area (Å²) in [4.78, 5) is 11.0. The lowest BCUT2D eigenvalue weighted by molar-refractivity contribution is -0.133. The molecule has 2 bridgehead atoms. The molecule has 72 valence electrons. The quantitative estimate of drug-likeness (QED) is 0.673. The molecule has 2 aliphatic rings. The Kier molecular flexibility index (Phi) is 1.47. The molecule has 0 aromatic carbocycles. The van der Waals surface area contributed by atoms with Crippen LogP contribution in [0, 0.1) is 16.7 Å². The zero-order valence-corrected chi connectivity index (χ0v) is 8.42. The third kappa shape index (κ3) is 0.862. The van der Waals surface area contributed by atoms with Gasteiger partial charge in [0.2, 0.25) is 0 Å². The number of allylic oxidation sites excluding steroid dienone is 1. The molecule has 2 aliphatic carbocycles. The molecular formula is C11H16O2. The van der Waals surface area contributed by atoms with Crippen molar-refractivity contribution in [1.82, 2.24) is 0 Å². The number of hydrogen-bond donors (Lipinski definition) is 1. The van der Waals surface area contributed by atoms with Crippen molar-refractivity contribution in [1.29, 1.82) is 0 Å². The van der Waals surface area contributed by atoms with E-state index in [1.807, 2.05) is 6.08 Å². The van der Waals surface area contributed by atoms with Gasteiger partial charge in [-0.3, -0.25) is 0 Å². The van der Waals surface area contributed by atoms with E-state index in [0.717, 1.165) is 12.8 Å². The van der Waals surface area contributed by atoms with Crippen LogP contribution in [-0.4, -0.2) is 11.1 Å². The summed E-state index contributed by atoms with van der Waals surface area (Å²) in [5, 5.41) is 9.01. The highest BCUT2D eigenvalue weighted by Crippen LogP contribution is 2.64. The number of carboxylic acids is 1. The van der Waals surface area contributed by atoms with Crippen LogP contribution >= 0.6 is 0 Å². The Morgan fingerprint density at radius 3 is 2.38 bits per heavy atom. The maximum Gasteiger partial charge on any atom is 0.331 e. The van der Waals surface area contributed by atoms with Crippen LogP contribution in [0.3, 0.4) is 0 Å². The number of fused-ring (bicyclic) bond motifs is 2. The third-order valence-corrected chi connectivity index (χ3v) is 4.39. The van der Waals surface area contributed by atoms with Crippen LogP contribution in [0.5, 0.6) is 0 Å². The fourth-order valence-corrected chi connectivity index (χ4v) is 2.98. The lowest BCUT2D eigenvalue weighted by Gasteiger charge is -2.33. The van der Waals surface area contributed by atoms with Crippen molar-refractivity contribution in [2.75, 3.05) is 0 Å². The Hall–Kier alpha value is -0.790. The van der Waals surface area contributed by atoms with Crippen molar-refractivity contribution in [2.24, 2.45) is 16.7 Å². The first kappa shape index (κ1) is 8.79. The zero-order chi connectivity index (χ0) is 9.85. The van der Waals surface area contributed by atoms with Crippen molar-refractivity contribution in [3.63, 3.8) is 0 Å². The van der Waals surface area contributed by atoms with Crippen LogP contribution in [0.1, 0.15) is 33.6 Å². The molecule has 0 unspecified atom stereocenters. The van der Waals surface area contributed by atoms with Crippen LogP contribution in [-0.2, 0) is 4.79 Å². The summed E-state index contributed by atoms with van der Waals surface area (Å²) in [6.07, 6.45) is 4.17. The molecule has 1 saturated carbocycles. The largest absolute Gasteiger partial charge is 0.478 e. The Bertz CT molecular complexity index is 301. The van der Waals surface area contributed by atoms with Gasteiger partial charge in [-0.25, -0.2) is 4.79 Å². The Balaban J connectivity index is 2.46. The first-order valence-electron chi connectivity index (χ1n) is 4.84. The molecule has 1 fully saturated rings. The monoisotopic (exact) mass is 180 g/mol. The summed E-state index contributed by atoms with van der Waals surface area (Å²) in [7, 11) is 0. The van der Waals surface area contributed by atoms with Gasteiger partial charge in [0, 0.05) is 5.57 Å². The Labute approximate surface area is 78.6 Å². The fraction of sp³-hybridized carbons (Fsp3) is 0.727. The van der Waals surface area contributed by atoms with Crippen molar-refractivity contribution >= 4 is 5.97 Å². The molecule has 2 rings (SSSR count). The minimum atomic E-state index is -0.721. The summed E-state index contributed by atoms with van der Waals surface area (Å²) in [5.41, 5.74) is 0.908. The third-order valence-electron chi connectivity index (χ3n) is 4.39. The average molecular weight is 180 g/mol. The highest BCUT2D eigenvalue weighted by Gasteiger charge is 2.57. The summed E-state index contributed by atoms with van der Waals surface area (Å²) >= 11 is 0. The van der Waals surface area contributed by atoms with Gasteiger partial charge in [0.25, 0.3) is 0 Å². The molecule has 2 atom stereocenters. The average Bonchev–Trinajstić information content (AvgIpc) is 2.34. The number of rotatable bonds is 1. The number of carbonyl (C=O) groups is 1. The van der Waals surface area contributed by atoms with Gasteiger partial charge < -0.3 is 5.11 Å². The van der Waals surface area contributed by atoms with E-state index in [-0.39, 0.29) is 16.7 Å².